The van der Waals surface area contributed by atoms with Crippen LogP contribution in [0.3, 0.4) is 0 Å². The topological polar surface area (TPSA) is 37.8 Å². The van der Waals surface area contributed by atoms with E-state index in [1.165, 1.54) is 22.0 Å². The van der Waals surface area contributed by atoms with Crippen LogP contribution in [0.1, 0.15) is 18.3 Å². The Morgan fingerprint density at radius 1 is 1.28 bits per heavy atom. The van der Waals surface area contributed by atoms with E-state index in [9.17, 15) is 0 Å². The first kappa shape index (κ1) is 13.4. The van der Waals surface area contributed by atoms with Gasteiger partial charge in [-0.05, 0) is 19.1 Å². The molecular formula is C13H17N3S2. The molecule has 0 atom stereocenters. The standard InChI is InChI=1S/C13H17N3S2/c1-3-12-15-13(18-16-12)14-8-9-17-11-6-4-10(2)5-7-11/h4-7H,3,8-9H2,1-2H3,(H,14,15,16). The summed E-state index contributed by atoms with van der Waals surface area (Å²) in [5.74, 6) is 1.96. The summed E-state index contributed by atoms with van der Waals surface area (Å²) in [5.41, 5.74) is 1.30. The summed E-state index contributed by atoms with van der Waals surface area (Å²) < 4.78 is 4.24. The van der Waals surface area contributed by atoms with Gasteiger partial charge in [-0.25, -0.2) is 4.98 Å². The lowest BCUT2D eigenvalue weighted by atomic mass is 10.2. The maximum absolute atomic E-state index is 4.37. The maximum Gasteiger partial charge on any atom is 0.202 e. The van der Waals surface area contributed by atoms with Crippen molar-refractivity contribution in [2.24, 2.45) is 0 Å². The highest BCUT2D eigenvalue weighted by Gasteiger charge is 2.00. The number of benzene rings is 1. The molecule has 1 heterocycles. The van der Waals surface area contributed by atoms with E-state index in [4.69, 9.17) is 0 Å². The van der Waals surface area contributed by atoms with E-state index in [0.717, 1.165) is 29.7 Å². The minimum atomic E-state index is 0.899. The number of hydrogen-bond acceptors (Lipinski definition) is 5. The van der Waals surface area contributed by atoms with Crippen LogP contribution in [0, 0.1) is 6.92 Å². The van der Waals surface area contributed by atoms with Crippen LogP contribution in [0.4, 0.5) is 5.13 Å². The Morgan fingerprint density at radius 2 is 2.06 bits per heavy atom. The number of aryl methyl sites for hydroxylation is 2. The second kappa shape index (κ2) is 6.75. The van der Waals surface area contributed by atoms with Crippen LogP contribution in [0.5, 0.6) is 0 Å². The van der Waals surface area contributed by atoms with Gasteiger partial charge in [0.15, 0.2) is 0 Å². The third-order valence-corrected chi connectivity index (χ3v) is 4.18. The molecule has 2 aromatic rings. The van der Waals surface area contributed by atoms with E-state index < -0.39 is 0 Å². The van der Waals surface area contributed by atoms with Crippen LogP contribution in [0.25, 0.3) is 0 Å². The van der Waals surface area contributed by atoms with E-state index in [1.807, 2.05) is 11.8 Å². The van der Waals surface area contributed by atoms with Crippen LogP contribution in [0.15, 0.2) is 29.2 Å². The first-order valence-electron chi connectivity index (χ1n) is 6.04. The van der Waals surface area contributed by atoms with Crippen molar-refractivity contribution in [3.05, 3.63) is 35.7 Å². The fourth-order valence-electron chi connectivity index (χ4n) is 1.43. The zero-order chi connectivity index (χ0) is 12.8. The number of hydrogen-bond donors (Lipinski definition) is 1. The van der Waals surface area contributed by atoms with Gasteiger partial charge >= 0.3 is 0 Å². The Hall–Kier alpha value is -1.07. The first-order chi connectivity index (χ1) is 8.78. The van der Waals surface area contributed by atoms with Gasteiger partial charge in [0.25, 0.3) is 0 Å². The van der Waals surface area contributed by atoms with Crippen molar-refractivity contribution in [3.63, 3.8) is 0 Å². The largest absolute Gasteiger partial charge is 0.359 e. The average Bonchev–Trinajstić information content (AvgIpc) is 2.85. The minimum Gasteiger partial charge on any atom is -0.359 e. The summed E-state index contributed by atoms with van der Waals surface area (Å²) in [6.07, 6.45) is 0.899. The van der Waals surface area contributed by atoms with Crippen molar-refractivity contribution in [2.75, 3.05) is 17.6 Å². The van der Waals surface area contributed by atoms with Gasteiger partial charge in [0.1, 0.15) is 5.82 Å². The monoisotopic (exact) mass is 279 g/mol. The van der Waals surface area contributed by atoms with E-state index >= 15 is 0 Å². The summed E-state index contributed by atoms with van der Waals surface area (Å²) in [6.45, 7) is 5.09. The van der Waals surface area contributed by atoms with Gasteiger partial charge in [-0.2, -0.15) is 4.37 Å². The van der Waals surface area contributed by atoms with E-state index in [0.29, 0.717) is 0 Å². The highest BCUT2D eigenvalue weighted by Crippen LogP contribution is 2.18. The van der Waals surface area contributed by atoms with Crippen molar-refractivity contribution < 1.29 is 0 Å². The lowest BCUT2D eigenvalue weighted by Gasteiger charge is -2.03. The summed E-state index contributed by atoms with van der Waals surface area (Å²) in [6, 6.07) is 8.63. The second-order valence-electron chi connectivity index (χ2n) is 3.96. The molecule has 0 amide bonds. The van der Waals surface area contributed by atoms with Gasteiger partial charge < -0.3 is 5.32 Å². The lowest BCUT2D eigenvalue weighted by Crippen LogP contribution is -2.03. The second-order valence-corrected chi connectivity index (χ2v) is 5.88. The van der Waals surface area contributed by atoms with E-state index in [1.54, 1.807) is 0 Å². The summed E-state index contributed by atoms with van der Waals surface area (Å²) >= 11 is 3.30. The van der Waals surface area contributed by atoms with Crippen molar-refractivity contribution in [1.82, 2.24) is 9.36 Å². The smallest absolute Gasteiger partial charge is 0.202 e. The fraction of sp³-hybridized carbons (Fsp3) is 0.385. The fourth-order valence-corrected chi connectivity index (χ4v) is 2.87. The molecule has 0 bridgehead atoms. The molecule has 2 rings (SSSR count). The predicted octanol–water partition coefficient (Wildman–Crippen LogP) is 3.61. The molecular weight excluding hydrogens is 262 g/mol. The normalized spacial score (nSPS) is 10.6. The van der Waals surface area contributed by atoms with Crippen LogP contribution in [-0.2, 0) is 6.42 Å². The molecule has 0 aliphatic carbocycles. The average molecular weight is 279 g/mol. The van der Waals surface area contributed by atoms with Gasteiger partial charge in [-0.1, -0.05) is 24.6 Å². The number of nitrogens with zero attached hydrogens (tertiary/aromatic N) is 2. The van der Waals surface area contributed by atoms with Gasteiger partial charge in [-0.15, -0.1) is 11.8 Å². The van der Waals surface area contributed by atoms with E-state index in [-0.39, 0.29) is 0 Å². The lowest BCUT2D eigenvalue weighted by molar-refractivity contribution is 0.996. The van der Waals surface area contributed by atoms with Crippen molar-refractivity contribution in [1.29, 1.82) is 0 Å². The SMILES string of the molecule is CCc1nsc(NCCSc2ccc(C)cc2)n1. The van der Waals surface area contributed by atoms with Crippen molar-refractivity contribution in [3.8, 4) is 0 Å². The highest BCUT2D eigenvalue weighted by molar-refractivity contribution is 7.99. The van der Waals surface area contributed by atoms with E-state index in [2.05, 4.69) is 52.8 Å². The number of aromatic nitrogens is 2. The Kier molecular flexibility index (Phi) is 5.01. The molecule has 1 N–H and O–H groups in total. The molecule has 0 unspecified atom stereocenters. The van der Waals surface area contributed by atoms with Crippen LogP contribution < -0.4 is 5.32 Å². The van der Waals surface area contributed by atoms with Gasteiger partial charge in [0.2, 0.25) is 5.13 Å². The zero-order valence-electron chi connectivity index (χ0n) is 10.6. The molecule has 5 heteroatoms. The quantitative estimate of drug-likeness (QED) is 0.647. The number of anilines is 1. The van der Waals surface area contributed by atoms with Gasteiger partial charge in [-0.3, -0.25) is 0 Å². The molecule has 0 radical (unpaired) electrons. The molecule has 1 aromatic carbocycles. The molecule has 0 spiro atoms. The molecule has 0 saturated carbocycles. The molecule has 0 aliphatic rings. The first-order valence-corrected chi connectivity index (χ1v) is 7.79. The zero-order valence-corrected chi connectivity index (χ0v) is 12.3. The van der Waals surface area contributed by atoms with Gasteiger partial charge in [0.05, 0.1) is 0 Å². The highest BCUT2D eigenvalue weighted by atomic mass is 32.2. The Balaban J connectivity index is 1.71. The van der Waals surface area contributed by atoms with Crippen molar-refractivity contribution in [2.45, 2.75) is 25.2 Å². The molecule has 0 saturated heterocycles. The summed E-state index contributed by atoms with van der Waals surface area (Å²) in [4.78, 5) is 5.69. The molecule has 0 aliphatic heterocycles. The van der Waals surface area contributed by atoms with Crippen LogP contribution in [-0.4, -0.2) is 21.7 Å². The Morgan fingerprint density at radius 3 is 2.72 bits per heavy atom. The van der Waals surface area contributed by atoms with Gasteiger partial charge in [0, 0.05) is 35.1 Å². The molecule has 96 valence electrons. The Labute approximate surface area is 116 Å². The minimum absolute atomic E-state index is 0.899. The molecule has 3 nitrogen and oxygen atoms in total. The molecule has 18 heavy (non-hydrogen) atoms. The third-order valence-electron chi connectivity index (χ3n) is 2.45. The molecule has 0 fully saturated rings. The third kappa shape index (κ3) is 3.99. The van der Waals surface area contributed by atoms with Crippen LogP contribution in [0.2, 0.25) is 0 Å². The predicted molar refractivity (Wildman–Crippen MR) is 79.7 cm³/mol. The summed E-state index contributed by atoms with van der Waals surface area (Å²) in [5, 5.41) is 4.23. The maximum atomic E-state index is 4.37. The number of thioether (sulfide) groups is 1. The molecule has 1 aromatic heterocycles. The van der Waals surface area contributed by atoms with Crippen molar-refractivity contribution >= 4 is 28.4 Å². The number of rotatable bonds is 6. The summed E-state index contributed by atoms with van der Waals surface area (Å²) in [7, 11) is 0. The van der Waals surface area contributed by atoms with Crippen LogP contribution >= 0.6 is 23.3 Å². The Bertz CT molecular complexity index is 479. The number of nitrogens with one attached hydrogen (secondary N) is 1.